The van der Waals surface area contributed by atoms with E-state index in [2.05, 4.69) is 15.1 Å². The first-order chi connectivity index (χ1) is 13.9. The van der Waals surface area contributed by atoms with Crippen molar-refractivity contribution in [3.8, 4) is 17.2 Å². The number of aliphatic hydroxyl groups excluding tert-OH is 1. The van der Waals surface area contributed by atoms with E-state index >= 15 is 0 Å². The zero-order chi connectivity index (χ0) is 20.7. The molecule has 0 amide bonds. The standard InChI is InChI=1S/C18H18N6O5/c1-22-15-14(17(27)23(2)18(22)28)24(9-19-15)8-10(25)7-13-20-16(29-21-13)11-5-3-4-6-12(11)26/h3-6,9-10,25-26H,7-8H2,1-2H3. The number of benzene rings is 1. The molecule has 1 atom stereocenters. The number of nitrogens with zero attached hydrogens (tertiary/aromatic N) is 6. The lowest BCUT2D eigenvalue weighted by Crippen LogP contribution is -2.37. The second-order valence-electron chi connectivity index (χ2n) is 6.67. The Morgan fingerprint density at radius 1 is 1.17 bits per heavy atom. The Kier molecular flexibility index (Phi) is 4.51. The first-order valence-corrected chi connectivity index (χ1v) is 8.76. The molecule has 2 N–H and O–H groups in total. The Morgan fingerprint density at radius 2 is 1.93 bits per heavy atom. The number of aromatic nitrogens is 6. The zero-order valence-electron chi connectivity index (χ0n) is 15.7. The zero-order valence-corrected chi connectivity index (χ0v) is 15.7. The van der Waals surface area contributed by atoms with Gasteiger partial charge in [0.15, 0.2) is 17.0 Å². The van der Waals surface area contributed by atoms with Gasteiger partial charge in [-0.15, -0.1) is 0 Å². The fourth-order valence-corrected chi connectivity index (χ4v) is 3.14. The van der Waals surface area contributed by atoms with Crippen molar-refractivity contribution in [2.75, 3.05) is 0 Å². The van der Waals surface area contributed by atoms with E-state index < -0.39 is 17.4 Å². The maximum absolute atomic E-state index is 12.5. The van der Waals surface area contributed by atoms with Crippen LogP contribution in [0.2, 0.25) is 0 Å². The highest BCUT2D eigenvalue weighted by Crippen LogP contribution is 2.27. The van der Waals surface area contributed by atoms with Crippen LogP contribution in [0.25, 0.3) is 22.6 Å². The van der Waals surface area contributed by atoms with Gasteiger partial charge in [0.1, 0.15) is 5.75 Å². The molecule has 0 saturated heterocycles. The Bertz CT molecular complexity index is 1310. The third-order valence-corrected chi connectivity index (χ3v) is 4.65. The largest absolute Gasteiger partial charge is 0.507 e. The molecule has 0 aliphatic rings. The van der Waals surface area contributed by atoms with Gasteiger partial charge in [-0.1, -0.05) is 17.3 Å². The molecule has 11 nitrogen and oxygen atoms in total. The lowest BCUT2D eigenvalue weighted by atomic mass is 10.2. The van der Waals surface area contributed by atoms with E-state index in [1.54, 1.807) is 18.2 Å². The molecule has 3 heterocycles. The number of para-hydroxylation sites is 1. The molecule has 0 spiro atoms. The molecule has 1 aromatic carbocycles. The fourth-order valence-electron chi connectivity index (χ4n) is 3.14. The molecule has 0 aliphatic heterocycles. The average molecular weight is 398 g/mol. The van der Waals surface area contributed by atoms with E-state index in [0.717, 1.165) is 4.57 Å². The molecular weight excluding hydrogens is 380 g/mol. The molecule has 1 unspecified atom stereocenters. The Morgan fingerprint density at radius 3 is 2.69 bits per heavy atom. The SMILES string of the molecule is Cn1c(=O)c2c(ncn2CC(O)Cc2noc(-c3ccccc3O)n2)n(C)c1=O. The van der Waals surface area contributed by atoms with Gasteiger partial charge in [-0.05, 0) is 12.1 Å². The maximum atomic E-state index is 12.5. The molecule has 4 rings (SSSR count). The van der Waals surface area contributed by atoms with Crippen LogP contribution >= 0.6 is 0 Å². The minimum Gasteiger partial charge on any atom is -0.507 e. The third-order valence-electron chi connectivity index (χ3n) is 4.65. The minimum atomic E-state index is -0.941. The van der Waals surface area contributed by atoms with Crippen LogP contribution in [0.4, 0.5) is 0 Å². The lowest BCUT2D eigenvalue weighted by molar-refractivity contribution is 0.152. The molecule has 0 bridgehead atoms. The quantitative estimate of drug-likeness (QED) is 0.470. The van der Waals surface area contributed by atoms with Crippen molar-refractivity contribution in [3.63, 3.8) is 0 Å². The summed E-state index contributed by atoms with van der Waals surface area (Å²) in [7, 11) is 2.91. The monoisotopic (exact) mass is 398 g/mol. The summed E-state index contributed by atoms with van der Waals surface area (Å²) in [6.07, 6.45) is 0.519. The predicted octanol–water partition coefficient (Wildman–Crippen LogP) is -0.207. The van der Waals surface area contributed by atoms with Gasteiger partial charge in [-0.25, -0.2) is 9.78 Å². The number of aliphatic hydroxyl groups is 1. The van der Waals surface area contributed by atoms with Gasteiger partial charge >= 0.3 is 5.69 Å². The van der Waals surface area contributed by atoms with Gasteiger partial charge in [0.2, 0.25) is 0 Å². The van der Waals surface area contributed by atoms with Crippen molar-refractivity contribution in [1.82, 2.24) is 28.8 Å². The highest BCUT2D eigenvalue weighted by molar-refractivity contribution is 5.69. The summed E-state index contributed by atoms with van der Waals surface area (Å²) in [6, 6.07) is 6.55. The van der Waals surface area contributed by atoms with Crippen molar-refractivity contribution in [3.05, 3.63) is 57.3 Å². The molecular formula is C18H18N6O5. The van der Waals surface area contributed by atoms with Crippen LogP contribution < -0.4 is 11.2 Å². The number of rotatable bonds is 5. The first kappa shape index (κ1) is 18.6. The summed E-state index contributed by atoms with van der Waals surface area (Å²) >= 11 is 0. The van der Waals surface area contributed by atoms with Crippen molar-refractivity contribution in [1.29, 1.82) is 0 Å². The average Bonchev–Trinajstić information content (AvgIpc) is 3.32. The number of phenols is 1. The Balaban J connectivity index is 1.57. The lowest BCUT2D eigenvalue weighted by Gasteiger charge is -2.10. The number of phenolic OH excluding ortho intramolecular Hbond substituents is 1. The summed E-state index contributed by atoms with van der Waals surface area (Å²) in [5.41, 5.74) is -0.111. The van der Waals surface area contributed by atoms with Crippen LogP contribution in [-0.2, 0) is 27.1 Å². The molecule has 3 aromatic heterocycles. The molecule has 0 saturated carbocycles. The van der Waals surface area contributed by atoms with Crippen LogP contribution in [0.15, 0.2) is 44.7 Å². The third kappa shape index (κ3) is 3.21. The van der Waals surface area contributed by atoms with E-state index in [-0.39, 0.29) is 41.6 Å². The van der Waals surface area contributed by atoms with Crippen molar-refractivity contribution < 1.29 is 14.7 Å². The summed E-state index contributed by atoms with van der Waals surface area (Å²) < 4.78 is 8.92. The molecule has 11 heteroatoms. The van der Waals surface area contributed by atoms with Crippen LogP contribution in [0.5, 0.6) is 5.75 Å². The Labute approximate surface area is 163 Å². The maximum Gasteiger partial charge on any atom is 0.332 e. The van der Waals surface area contributed by atoms with Gasteiger partial charge in [-0.2, -0.15) is 4.98 Å². The Hall–Kier alpha value is -3.73. The van der Waals surface area contributed by atoms with E-state index in [0.29, 0.717) is 5.56 Å². The predicted molar refractivity (Wildman–Crippen MR) is 101 cm³/mol. The minimum absolute atomic E-state index is 0.00888. The van der Waals surface area contributed by atoms with Gasteiger partial charge in [0.05, 0.1) is 24.5 Å². The summed E-state index contributed by atoms with van der Waals surface area (Å²) in [5.74, 6) is 0.400. The summed E-state index contributed by atoms with van der Waals surface area (Å²) in [6.45, 7) is 0.0460. The topological polar surface area (TPSA) is 141 Å². The summed E-state index contributed by atoms with van der Waals surface area (Å²) in [4.78, 5) is 32.8. The number of fused-ring (bicyclic) bond motifs is 1. The normalized spacial score (nSPS) is 12.5. The van der Waals surface area contributed by atoms with E-state index in [4.69, 9.17) is 4.52 Å². The molecule has 0 fully saturated rings. The van der Waals surface area contributed by atoms with E-state index in [9.17, 15) is 19.8 Å². The van der Waals surface area contributed by atoms with Gasteiger partial charge in [-0.3, -0.25) is 13.9 Å². The number of aryl methyl sites for hydroxylation is 1. The van der Waals surface area contributed by atoms with E-state index in [1.165, 1.54) is 35.6 Å². The van der Waals surface area contributed by atoms with Crippen molar-refractivity contribution in [2.45, 2.75) is 19.1 Å². The summed E-state index contributed by atoms with van der Waals surface area (Å²) in [5, 5.41) is 24.2. The highest BCUT2D eigenvalue weighted by Gasteiger charge is 2.19. The smallest absolute Gasteiger partial charge is 0.332 e. The molecule has 29 heavy (non-hydrogen) atoms. The van der Waals surface area contributed by atoms with Crippen LogP contribution in [0.1, 0.15) is 5.82 Å². The van der Waals surface area contributed by atoms with Gasteiger partial charge in [0.25, 0.3) is 11.4 Å². The second-order valence-corrected chi connectivity index (χ2v) is 6.67. The number of hydrogen-bond donors (Lipinski definition) is 2. The van der Waals surface area contributed by atoms with Crippen LogP contribution in [-0.4, -0.2) is 45.1 Å². The van der Waals surface area contributed by atoms with E-state index in [1.807, 2.05) is 0 Å². The molecule has 4 aromatic rings. The van der Waals surface area contributed by atoms with Gasteiger partial charge in [0, 0.05) is 20.5 Å². The van der Waals surface area contributed by atoms with Crippen molar-refractivity contribution >= 4 is 11.2 Å². The first-order valence-electron chi connectivity index (χ1n) is 8.76. The number of hydrogen-bond acceptors (Lipinski definition) is 8. The fraction of sp³-hybridized carbons (Fsp3) is 0.278. The highest BCUT2D eigenvalue weighted by atomic mass is 16.5. The van der Waals surface area contributed by atoms with Crippen LogP contribution in [0, 0.1) is 0 Å². The second kappa shape index (κ2) is 7.02. The number of aromatic hydroxyl groups is 1. The molecule has 150 valence electrons. The number of imidazole rings is 1. The van der Waals surface area contributed by atoms with Gasteiger partial charge < -0.3 is 19.3 Å². The molecule has 0 aliphatic carbocycles. The molecule has 0 radical (unpaired) electrons. The van der Waals surface area contributed by atoms with Crippen molar-refractivity contribution in [2.24, 2.45) is 14.1 Å². The van der Waals surface area contributed by atoms with Crippen LogP contribution in [0.3, 0.4) is 0 Å².